The number of aromatic nitrogens is 4. The molecule has 5 heteroatoms. The van der Waals surface area contributed by atoms with Crippen LogP contribution in [0, 0.1) is 0 Å². The molecule has 5 nitrogen and oxygen atoms in total. The van der Waals surface area contributed by atoms with Gasteiger partial charge in [-0.05, 0) is 41.8 Å². The Hall–Kier alpha value is -7.24. The monoisotopic (exact) mass is 676 g/mol. The fourth-order valence-electron chi connectivity index (χ4n) is 8.69. The highest BCUT2D eigenvalue weighted by Gasteiger charge is 2.23. The van der Waals surface area contributed by atoms with Crippen LogP contribution in [-0.4, -0.2) is 19.1 Å². The highest BCUT2D eigenvalue weighted by atomic mass is 16.3. The topological polar surface area (TPSA) is 48.8 Å². The molecule has 0 unspecified atom stereocenters. The van der Waals surface area contributed by atoms with Crippen molar-refractivity contribution in [1.82, 2.24) is 19.1 Å². The van der Waals surface area contributed by atoms with Crippen LogP contribution >= 0.6 is 0 Å². The van der Waals surface area contributed by atoms with Crippen molar-refractivity contribution in [3.8, 4) is 22.9 Å². The summed E-state index contributed by atoms with van der Waals surface area (Å²) in [7, 11) is 0. The molecule has 0 N–H and O–H groups in total. The first-order chi connectivity index (χ1) is 26.3. The minimum absolute atomic E-state index is 0.628. The molecule has 12 aromatic rings. The van der Waals surface area contributed by atoms with Gasteiger partial charge >= 0.3 is 0 Å². The Morgan fingerprint density at radius 3 is 1.72 bits per heavy atom. The molecule has 0 fully saturated rings. The maximum absolute atomic E-state index is 7.09. The summed E-state index contributed by atoms with van der Waals surface area (Å²) in [4.78, 5) is 10.5. The highest BCUT2D eigenvalue weighted by Crippen LogP contribution is 2.45. The van der Waals surface area contributed by atoms with Crippen LogP contribution in [0.2, 0.25) is 0 Å². The standard InChI is InChI=1S/C48H28N4O/c1-2-14-29(15-3-1)46-34-20-6-10-22-37(34)49-48(50-46)52-40-25-13-9-21-35(40)45-41(52)27-26-36-44-33-19-5-4-18-32(33)42(28-43(44)53-47(36)45)51-38-23-11-7-16-30(38)31-17-8-12-24-39(31)51/h1-28H. The average molecular weight is 677 g/mol. The van der Waals surface area contributed by atoms with Gasteiger partial charge in [-0.15, -0.1) is 0 Å². The largest absolute Gasteiger partial charge is 0.455 e. The van der Waals surface area contributed by atoms with Gasteiger partial charge in [-0.2, -0.15) is 0 Å². The number of rotatable bonds is 3. The number of benzene rings is 8. The fraction of sp³-hybridized carbons (Fsp3) is 0. The zero-order valence-electron chi connectivity index (χ0n) is 28.4. The number of hydrogen-bond acceptors (Lipinski definition) is 3. The second kappa shape index (κ2) is 10.6. The van der Waals surface area contributed by atoms with E-state index in [1.165, 1.54) is 27.2 Å². The van der Waals surface area contributed by atoms with Crippen LogP contribution in [0.1, 0.15) is 0 Å². The normalized spacial score (nSPS) is 12.2. The van der Waals surface area contributed by atoms with Gasteiger partial charge in [0.05, 0.1) is 44.4 Å². The Bertz CT molecular complexity index is 3410. The number of hydrogen-bond donors (Lipinski definition) is 0. The molecule has 0 amide bonds. The SMILES string of the molecule is c1ccc(-c2nc(-n3c4ccccc4c4c5oc6cc(-n7c8ccccc8c8ccccc87)c7ccccc7c6c5ccc43)nc3ccccc23)cc1. The molecule has 8 aromatic carbocycles. The van der Waals surface area contributed by atoms with Gasteiger partial charge in [0.1, 0.15) is 11.2 Å². The minimum atomic E-state index is 0.628. The lowest BCUT2D eigenvalue weighted by Gasteiger charge is -2.12. The Morgan fingerprint density at radius 2 is 0.981 bits per heavy atom. The lowest BCUT2D eigenvalue weighted by atomic mass is 10.0. The zero-order valence-corrected chi connectivity index (χ0v) is 28.4. The van der Waals surface area contributed by atoms with E-state index in [4.69, 9.17) is 14.4 Å². The van der Waals surface area contributed by atoms with Gasteiger partial charge in [-0.1, -0.05) is 127 Å². The van der Waals surface area contributed by atoms with Gasteiger partial charge in [0.15, 0.2) is 0 Å². The summed E-state index contributed by atoms with van der Waals surface area (Å²) in [5, 5.41) is 10.2. The highest BCUT2D eigenvalue weighted by molar-refractivity contribution is 6.28. The first-order valence-corrected chi connectivity index (χ1v) is 17.9. The second-order valence-corrected chi connectivity index (χ2v) is 13.7. The molecular weight excluding hydrogens is 649 g/mol. The van der Waals surface area contributed by atoms with Crippen molar-refractivity contribution in [1.29, 1.82) is 0 Å². The van der Waals surface area contributed by atoms with Gasteiger partial charge in [-0.25, -0.2) is 9.97 Å². The third-order valence-corrected chi connectivity index (χ3v) is 10.9. The molecule has 0 aliphatic heterocycles. The molecule has 246 valence electrons. The zero-order chi connectivity index (χ0) is 34.6. The molecule has 0 bridgehead atoms. The molecule has 0 atom stereocenters. The van der Waals surface area contributed by atoms with Crippen molar-refractivity contribution in [3.63, 3.8) is 0 Å². The molecule has 53 heavy (non-hydrogen) atoms. The Balaban J connectivity index is 1.19. The van der Waals surface area contributed by atoms with Crippen LogP contribution in [0.4, 0.5) is 0 Å². The third-order valence-electron chi connectivity index (χ3n) is 10.9. The summed E-state index contributed by atoms with van der Waals surface area (Å²) in [5.74, 6) is 0.628. The van der Waals surface area contributed by atoms with Crippen molar-refractivity contribution in [2.45, 2.75) is 0 Å². The first-order valence-electron chi connectivity index (χ1n) is 17.9. The van der Waals surface area contributed by atoms with E-state index in [0.29, 0.717) is 5.95 Å². The molecule has 4 aromatic heterocycles. The Labute approximate surface area is 302 Å². The molecule has 0 aliphatic carbocycles. The Kier molecular flexibility index (Phi) is 5.71. The van der Waals surface area contributed by atoms with E-state index >= 15 is 0 Å². The summed E-state index contributed by atoms with van der Waals surface area (Å²) >= 11 is 0. The maximum Gasteiger partial charge on any atom is 0.235 e. The molecule has 12 rings (SSSR count). The van der Waals surface area contributed by atoms with E-state index in [1.807, 2.05) is 18.2 Å². The quantitative estimate of drug-likeness (QED) is 0.187. The van der Waals surface area contributed by atoms with Crippen molar-refractivity contribution in [2.24, 2.45) is 0 Å². The molecule has 0 saturated carbocycles. The summed E-state index contributed by atoms with van der Waals surface area (Å²) in [6.45, 7) is 0. The molecule has 0 radical (unpaired) electrons. The number of nitrogens with zero attached hydrogens (tertiary/aromatic N) is 4. The van der Waals surface area contributed by atoms with Crippen molar-refractivity contribution in [2.75, 3.05) is 0 Å². The van der Waals surface area contributed by atoms with Crippen LogP contribution in [0.25, 0.3) is 110 Å². The fourth-order valence-corrected chi connectivity index (χ4v) is 8.69. The summed E-state index contributed by atoms with van der Waals surface area (Å²) in [6, 6.07) is 59.8. The Morgan fingerprint density at radius 1 is 0.396 bits per heavy atom. The molecule has 0 spiro atoms. The summed E-state index contributed by atoms with van der Waals surface area (Å²) in [5.41, 5.74) is 10.0. The van der Waals surface area contributed by atoms with E-state index in [1.54, 1.807) is 0 Å². The van der Waals surface area contributed by atoms with Crippen molar-refractivity contribution >= 4 is 87.2 Å². The van der Waals surface area contributed by atoms with Crippen LogP contribution in [0.5, 0.6) is 0 Å². The number of furan rings is 1. The van der Waals surface area contributed by atoms with E-state index in [-0.39, 0.29) is 0 Å². The minimum Gasteiger partial charge on any atom is -0.455 e. The molecule has 0 aliphatic rings. The molecule has 0 saturated heterocycles. The lowest BCUT2D eigenvalue weighted by Crippen LogP contribution is -2.03. The van der Waals surface area contributed by atoms with Crippen molar-refractivity contribution < 1.29 is 4.42 Å². The predicted octanol–water partition coefficient (Wildman–Crippen LogP) is 12.5. The van der Waals surface area contributed by atoms with Crippen molar-refractivity contribution in [3.05, 3.63) is 170 Å². The van der Waals surface area contributed by atoms with E-state index in [0.717, 1.165) is 77.0 Å². The maximum atomic E-state index is 7.09. The van der Waals surface area contributed by atoms with E-state index < -0.39 is 0 Å². The van der Waals surface area contributed by atoms with Gasteiger partial charge in [-0.3, -0.25) is 4.57 Å². The average Bonchev–Trinajstić information content (AvgIpc) is 3.88. The summed E-state index contributed by atoms with van der Waals surface area (Å²) in [6.07, 6.45) is 0. The van der Waals surface area contributed by atoms with Crippen LogP contribution in [0.3, 0.4) is 0 Å². The number of para-hydroxylation sites is 4. The van der Waals surface area contributed by atoms with E-state index in [2.05, 4.69) is 161 Å². The smallest absolute Gasteiger partial charge is 0.235 e. The van der Waals surface area contributed by atoms with E-state index in [9.17, 15) is 0 Å². The van der Waals surface area contributed by atoms with Gasteiger partial charge in [0.25, 0.3) is 0 Å². The van der Waals surface area contributed by atoms with Gasteiger partial charge in [0, 0.05) is 49.3 Å². The molecule has 4 heterocycles. The number of fused-ring (bicyclic) bond motifs is 13. The third kappa shape index (κ3) is 3.91. The van der Waals surface area contributed by atoms with Gasteiger partial charge < -0.3 is 8.98 Å². The second-order valence-electron chi connectivity index (χ2n) is 13.7. The van der Waals surface area contributed by atoms with Crippen LogP contribution in [0.15, 0.2) is 174 Å². The summed E-state index contributed by atoms with van der Waals surface area (Å²) < 4.78 is 11.7. The molecular formula is C48H28N4O. The lowest BCUT2D eigenvalue weighted by molar-refractivity contribution is 0.673. The van der Waals surface area contributed by atoms with Gasteiger partial charge in [0.2, 0.25) is 5.95 Å². The predicted molar refractivity (Wildman–Crippen MR) is 218 cm³/mol. The first kappa shape index (κ1) is 28.5. The van der Waals surface area contributed by atoms with Crippen LogP contribution < -0.4 is 0 Å². The van der Waals surface area contributed by atoms with Crippen LogP contribution in [-0.2, 0) is 0 Å².